The van der Waals surface area contributed by atoms with Gasteiger partial charge in [-0.25, -0.2) is 4.39 Å². The van der Waals surface area contributed by atoms with Crippen LogP contribution >= 0.6 is 11.6 Å². The van der Waals surface area contributed by atoms with Gasteiger partial charge >= 0.3 is 0 Å². The third kappa shape index (κ3) is 5.05. The molecular formula is C29H29ClFN3O2. The Hall–Kier alpha value is -3.51. The number of hydrogen-bond acceptors (Lipinski definition) is 3. The molecule has 4 rings (SSSR count). The predicted octanol–water partition coefficient (Wildman–Crippen LogP) is 6.33. The number of aliphatic imine (C=N–C) groups is 1. The van der Waals surface area contributed by atoms with Crippen LogP contribution in [-0.2, 0) is 9.59 Å². The summed E-state index contributed by atoms with van der Waals surface area (Å²) in [5, 5.41) is 3.36. The first-order valence-electron chi connectivity index (χ1n) is 12.0. The molecule has 0 radical (unpaired) electrons. The number of nitrogens with one attached hydrogen (secondary N) is 1. The SMILES string of the molecule is CCC(C)C1N=C(c2ccccc2F)c2cc(Cl)ccc2N(CC(=O)Nc2cccc(C)c2C)C1=O. The van der Waals surface area contributed by atoms with E-state index in [-0.39, 0.29) is 29.8 Å². The van der Waals surface area contributed by atoms with Gasteiger partial charge in [-0.15, -0.1) is 0 Å². The Morgan fingerprint density at radius 2 is 1.86 bits per heavy atom. The van der Waals surface area contributed by atoms with E-state index in [0.717, 1.165) is 11.1 Å². The quantitative estimate of drug-likeness (QED) is 0.425. The maximum atomic E-state index is 15.0. The molecule has 186 valence electrons. The van der Waals surface area contributed by atoms with Gasteiger partial charge in [0.2, 0.25) is 5.91 Å². The van der Waals surface area contributed by atoms with E-state index < -0.39 is 11.9 Å². The predicted molar refractivity (Wildman–Crippen MR) is 144 cm³/mol. The lowest BCUT2D eigenvalue weighted by Crippen LogP contribution is -2.44. The van der Waals surface area contributed by atoms with Crippen molar-refractivity contribution >= 4 is 40.5 Å². The number of nitrogens with zero attached hydrogens (tertiary/aromatic N) is 2. The Labute approximate surface area is 216 Å². The van der Waals surface area contributed by atoms with Crippen LogP contribution in [0, 0.1) is 25.6 Å². The lowest BCUT2D eigenvalue weighted by Gasteiger charge is -2.27. The summed E-state index contributed by atoms with van der Waals surface area (Å²) in [4.78, 5) is 33.3. The number of halogens is 2. The van der Waals surface area contributed by atoms with Gasteiger partial charge in [-0.05, 0) is 67.3 Å². The van der Waals surface area contributed by atoms with Crippen LogP contribution in [0.25, 0.3) is 0 Å². The first-order chi connectivity index (χ1) is 17.2. The molecule has 1 heterocycles. The molecule has 0 saturated heterocycles. The summed E-state index contributed by atoms with van der Waals surface area (Å²) in [6.07, 6.45) is 0.685. The number of fused-ring (bicyclic) bond motifs is 1. The number of aryl methyl sites for hydroxylation is 1. The monoisotopic (exact) mass is 505 g/mol. The molecule has 0 spiro atoms. The van der Waals surface area contributed by atoms with Crippen LogP contribution in [0.2, 0.25) is 5.02 Å². The van der Waals surface area contributed by atoms with Crippen LogP contribution in [-0.4, -0.2) is 30.1 Å². The van der Waals surface area contributed by atoms with Crippen LogP contribution in [0.5, 0.6) is 0 Å². The first kappa shape index (κ1) is 25.6. The fraction of sp³-hybridized carbons (Fsp3) is 0.276. The van der Waals surface area contributed by atoms with E-state index >= 15 is 0 Å². The van der Waals surface area contributed by atoms with Crippen LogP contribution in [0.1, 0.15) is 42.5 Å². The maximum absolute atomic E-state index is 15.0. The van der Waals surface area contributed by atoms with E-state index in [1.807, 2.05) is 45.9 Å². The van der Waals surface area contributed by atoms with Crippen LogP contribution in [0.15, 0.2) is 65.7 Å². The number of amides is 2. The van der Waals surface area contributed by atoms with Crippen molar-refractivity contribution in [1.82, 2.24) is 0 Å². The first-order valence-corrected chi connectivity index (χ1v) is 12.4. The third-order valence-corrected chi connectivity index (χ3v) is 7.02. The fourth-order valence-electron chi connectivity index (χ4n) is 4.32. The zero-order valence-corrected chi connectivity index (χ0v) is 21.6. The second kappa shape index (κ2) is 10.6. The molecule has 2 amide bonds. The van der Waals surface area contributed by atoms with Crippen molar-refractivity contribution < 1.29 is 14.0 Å². The Kier molecular flexibility index (Phi) is 7.55. The summed E-state index contributed by atoms with van der Waals surface area (Å²) in [6, 6.07) is 16.3. The van der Waals surface area contributed by atoms with Crippen LogP contribution in [0.4, 0.5) is 15.8 Å². The molecular weight excluding hydrogens is 477 g/mol. The van der Waals surface area contributed by atoms with Gasteiger partial charge in [0.05, 0.1) is 11.4 Å². The van der Waals surface area contributed by atoms with Crippen molar-refractivity contribution in [3.8, 4) is 0 Å². The number of hydrogen-bond donors (Lipinski definition) is 1. The molecule has 0 saturated carbocycles. The molecule has 0 aliphatic carbocycles. The highest BCUT2D eigenvalue weighted by Gasteiger charge is 2.36. The minimum atomic E-state index is -0.788. The zero-order valence-electron chi connectivity index (χ0n) is 20.8. The second-order valence-electron chi connectivity index (χ2n) is 9.17. The zero-order chi connectivity index (χ0) is 26.0. The summed E-state index contributed by atoms with van der Waals surface area (Å²) in [6.45, 7) is 7.60. The van der Waals surface area contributed by atoms with Crippen molar-refractivity contribution in [2.24, 2.45) is 10.9 Å². The van der Waals surface area contributed by atoms with Gasteiger partial charge in [0.1, 0.15) is 18.4 Å². The molecule has 2 unspecified atom stereocenters. The van der Waals surface area contributed by atoms with Gasteiger partial charge in [0.25, 0.3) is 5.91 Å². The number of anilines is 2. The van der Waals surface area contributed by atoms with Crippen molar-refractivity contribution in [3.05, 3.63) is 93.8 Å². The molecule has 2 atom stereocenters. The largest absolute Gasteiger partial charge is 0.324 e. The standard InChI is InChI=1S/C29H29ClFN3O2/c1-5-17(2)27-29(36)34(16-26(35)32-24-12-8-9-18(3)19(24)4)25-14-13-20(30)15-22(25)28(33-27)21-10-6-7-11-23(21)31/h6-15,17,27H,5,16H2,1-4H3,(H,32,35). The molecule has 0 fully saturated rings. The summed E-state index contributed by atoms with van der Waals surface area (Å²) in [7, 11) is 0. The number of benzene rings is 3. The topological polar surface area (TPSA) is 61.8 Å². The molecule has 5 nitrogen and oxygen atoms in total. The lowest BCUT2D eigenvalue weighted by atomic mass is 9.97. The highest BCUT2D eigenvalue weighted by Crippen LogP contribution is 2.33. The molecule has 3 aromatic rings. The molecule has 1 aliphatic rings. The molecule has 0 bridgehead atoms. The van der Waals surface area contributed by atoms with E-state index in [1.165, 1.54) is 11.0 Å². The van der Waals surface area contributed by atoms with Gasteiger partial charge in [0, 0.05) is 21.8 Å². The van der Waals surface area contributed by atoms with Crippen molar-refractivity contribution in [1.29, 1.82) is 0 Å². The highest BCUT2D eigenvalue weighted by molar-refractivity contribution is 6.32. The van der Waals surface area contributed by atoms with Gasteiger partial charge in [-0.2, -0.15) is 0 Å². The fourth-order valence-corrected chi connectivity index (χ4v) is 4.49. The van der Waals surface area contributed by atoms with Gasteiger partial charge in [-0.3, -0.25) is 14.6 Å². The van der Waals surface area contributed by atoms with Crippen molar-refractivity contribution in [3.63, 3.8) is 0 Å². The minimum Gasteiger partial charge on any atom is -0.324 e. The summed E-state index contributed by atoms with van der Waals surface area (Å²) < 4.78 is 15.0. The third-order valence-electron chi connectivity index (χ3n) is 6.78. The molecule has 7 heteroatoms. The van der Waals surface area contributed by atoms with E-state index in [4.69, 9.17) is 16.6 Å². The molecule has 0 aromatic heterocycles. The second-order valence-corrected chi connectivity index (χ2v) is 9.61. The van der Waals surface area contributed by atoms with Gasteiger partial charge in [0.15, 0.2) is 0 Å². The average Bonchev–Trinajstić information content (AvgIpc) is 2.96. The number of carbonyl (C=O) groups is 2. The smallest absolute Gasteiger partial charge is 0.252 e. The molecule has 3 aromatic carbocycles. The lowest BCUT2D eigenvalue weighted by molar-refractivity contribution is -0.123. The van der Waals surface area contributed by atoms with Crippen LogP contribution in [0.3, 0.4) is 0 Å². The molecule has 1 N–H and O–H groups in total. The Bertz CT molecular complexity index is 1350. The summed E-state index contributed by atoms with van der Waals surface area (Å²) in [5.74, 6) is -1.22. The highest BCUT2D eigenvalue weighted by atomic mass is 35.5. The van der Waals surface area contributed by atoms with E-state index in [0.29, 0.717) is 34.1 Å². The maximum Gasteiger partial charge on any atom is 0.252 e. The van der Waals surface area contributed by atoms with Gasteiger partial charge in [-0.1, -0.05) is 56.1 Å². The average molecular weight is 506 g/mol. The number of benzodiazepines with no additional fused rings is 1. The summed E-state index contributed by atoms with van der Waals surface area (Å²) in [5.41, 5.74) is 4.31. The van der Waals surface area contributed by atoms with E-state index in [2.05, 4.69) is 5.32 Å². The summed E-state index contributed by atoms with van der Waals surface area (Å²) >= 11 is 6.35. The van der Waals surface area contributed by atoms with Crippen LogP contribution < -0.4 is 10.2 Å². The van der Waals surface area contributed by atoms with E-state index in [9.17, 15) is 14.0 Å². The Balaban J connectivity index is 1.81. The number of carbonyl (C=O) groups excluding carboxylic acids is 2. The normalized spacial score (nSPS) is 16.2. The van der Waals surface area contributed by atoms with Gasteiger partial charge < -0.3 is 10.2 Å². The Morgan fingerprint density at radius 3 is 2.58 bits per heavy atom. The molecule has 1 aliphatic heterocycles. The van der Waals surface area contributed by atoms with E-state index in [1.54, 1.807) is 36.4 Å². The number of rotatable bonds is 6. The van der Waals surface area contributed by atoms with Crippen molar-refractivity contribution in [2.75, 3.05) is 16.8 Å². The molecule has 36 heavy (non-hydrogen) atoms. The minimum absolute atomic E-state index is 0.131. The Morgan fingerprint density at radius 1 is 1.11 bits per heavy atom. The van der Waals surface area contributed by atoms with Crippen molar-refractivity contribution in [2.45, 2.75) is 40.2 Å².